The number of hydrogen-bond acceptors (Lipinski definition) is 5. The van der Waals surface area contributed by atoms with E-state index in [-0.39, 0.29) is 34.0 Å². The normalized spacial score (nSPS) is 12.9. The maximum absolute atomic E-state index is 12.8. The van der Waals surface area contributed by atoms with Gasteiger partial charge in [-0.2, -0.15) is 0 Å². The Morgan fingerprint density at radius 2 is 1.62 bits per heavy atom. The van der Waals surface area contributed by atoms with Gasteiger partial charge in [-0.15, -0.1) is 0 Å². The van der Waals surface area contributed by atoms with E-state index in [0.29, 0.717) is 16.9 Å². The molecule has 1 aliphatic carbocycles. The van der Waals surface area contributed by atoms with Gasteiger partial charge in [0.05, 0.1) is 7.11 Å². The highest BCUT2D eigenvalue weighted by Gasteiger charge is 2.27. The minimum Gasteiger partial charge on any atom is -0.497 e. The summed E-state index contributed by atoms with van der Waals surface area (Å²) in [6, 6.07) is 11.3. The fourth-order valence-electron chi connectivity index (χ4n) is 2.59. The molecule has 5 nitrogen and oxygen atoms in total. The zero-order valence-corrected chi connectivity index (χ0v) is 14.4. The van der Waals surface area contributed by atoms with Gasteiger partial charge in [0, 0.05) is 22.3 Å². The Morgan fingerprint density at radius 1 is 0.962 bits per heavy atom. The molecule has 0 unspecified atom stereocenters. The number of esters is 1. The van der Waals surface area contributed by atoms with E-state index in [1.165, 1.54) is 31.2 Å². The first-order valence-corrected chi connectivity index (χ1v) is 7.87. The number of benzene rings is 2. The van der Waals surface area contributed by atoms with Crippen LogP contribution in [0.4, 0.5) is 0 Å². The standard InChI is InChI=1S/C21H16O5/c1-12(2)21(24)26-15-8-9-16-18(10-15)19(22)11-17(20(16)23)13-4-6-14(25-3)7-5-13/h4-11H,1H2,2-3H3. The number of carbonyl (C=O) groups is 3. The summed E-state index contributed by atoms with van der Waals surface area (Å²) < 4.78 is 10.2. The van der Waals surface area contributed by atoms with Crippen LogP contribution in [0.25, 0.3) is 5.57 Å². The van der Waals surface area contributed by atoms with Crippen molar-refractivity contribution >= 4 is 23.1 Å². The molecule has 0 amide bonds. The largest absolute Gasteiger partial charge is 0.497 e. The summed E-state index contributed by atoms with van der Waals surface area (Å²) in [5, 5.41) is 0. The van der Waals surface area contributed by atoms with Crippen molar-refractivity contribution < 1.29 is 23.9 Å². The number of ketones is 2. The van der Waals surface area contributed by atoms with Crippen molar-refractivity contribution in [2.75, 3.05) is 7.11 Å². The molecule has 0 spiro atoms. The van der Waals surface area contributed by atoms with E-state index in [0.717, 1.165) is 0 Å². The third-order valence-electron chi connectivity index (χ3n) is 3.98. The molecule has 0 radical (unpaired) electrons. The van der Waals surface area contributed by atoms with Crippen LogP contribution >= 0.6 is 0 Å². The third kappa shape index (κ3) is 3.19. The summed E-state index contributed by atoms with van der Waals surface area (Å²) in [5.74, 6) is -0.317. The number of carbonyl (C=O) groups excluding carboxylic acids is 3. The first-order valence-electron chi connectivity index (χ1n) is 7.87. The zero-order valence-electron chi connectivity index (χ0n) is 14.4. The van der Waals surface area contributed by atoms with E-state index in [9.17, 15) is 14.4 Å². The van der Waals surface area contributed by atoms with Gasteiger partial charge < -0.3 is 9.47 Å². The number of ether oxygens (including phenoxy) is 2. The first kappa shape index (κ1) is 17.4. The average Bonchev–Trinajstić information content (AvgIpc) is 2.64. The maximum Gasteiger partial charge on any atom is 0.338 e. The molecule has 0 saturated carbocycles. The van der Waals surface area contributed by atoms with Crippen LogP contribution in [0.3, 0.4) is 0 Å². The maximum atomic E-state index is 12.8. The van der Waals surface area contributed by atoms with Crippen molar-refractivity contribution in [1.29, 1.82) is 0 Å². The lowest BCUT2D eigenvalue weighted by atomic mass is 9.86. The van der Waals surface area contributed by atoms with Gasteiger partial charge in [0.25, 0.3) is 0 Å². The Morgan fingerprint density at radius 3 is 2.23 bits per heavy atom. The molecular formula is C21H16O5. The molecular weight excluding hydrogens is 332 g/mol. The Hall–Kier alpha value is -3.47. The van der Waals surface area contributed by atoms with Gasteiger partial charge in [-0.3, -0.25) is 9.59 Å². The highest BCUT2D eigenvalue weighted by atomic mass is 16.5. The van der Waals surface area contributed by atoms with Crippen molar-refractivity contribution in [3.05, 3.63) is 77.4 Å². The van der Waals surface area contributed by atoms with Crippen LogP contribution in [0, 0.1) is 0 Å². The highest BCUT2D eigenvalue weighted by Crippen LogP contribution is 2.31. The SMILES string of the molecule is C=C(C)C(=O)Oc1ccc2c(c1)C(=O)C=C(c1ccc(OC)cc1)C2=O. The van der Waals surface area contributed by atoms with Gasteiger partial charge in [0.15, 0.2) is 11.6 Å². The van der Waals surface area contributed by atoms with E-state index in [4.69, 9.17) is 9.47 Å². The average molecular weight is 348 g/mol. The molecule has 2 aromatic rings. The topological polar surface area (TPSA) is 69.7 Å². The van der Waals surface area contributed by atoms with E-state index < -0.39 is 5.97 Å². The number of allylic oxidation sites excluding steroid dienone is 2. The second-order valence-corrected chi connectivity index (χ2v) is 5.86. The van der Waals surface area contributed by atoms with Crippen molar-refractivity contribution in [1.82, 2.24) is 0 Å². The first-order chi connectivity index (χ1) is 12.4. The second-order valence-electron chi connectivity index (χ2n) is 5.86. The van der Waals surface area contributed by atoms with E-state index >= 15 is 0 Å². The lowest BCUT2D eigenvalue weighted by Crippen LogP contribution is -2.17. The molecule has 5 heteroatoms. The number of methoxy groups -OCH3 is 1. The molecule has 0 heterocycles. The van der Waals surface area contributed by atoms with Crippen molar-refractivity contribution in [2.24, 2.45) is 0 Å². The summed E-state index contributed by atoms with van der Waals surface area (Å²) in [6.45, 7) is 5.03. The molecule has 0 atom stereocenters. The molecule has 0 fully saturated rings. The summed E-state index contributed by atoms with van der Waals surface area (Å²) >= 11 is 0. The number of fused-ring (bicyclic) bond motifs is 1. The monoisotopic (exact) mass is 348 g/mol. The summed E-state index contributed by atoms with van der Waals surface area (Å²) in [4.78, 5) is 36.9. The fourth-order valence-corrected chi connectivity index (χ4v) is 2.59. The van der Waals surface area contributed by atoms with Crippen LogP contribution in [0.5, 0.6) is 11.5 Å². The molecule has 3 rings (SSSR count). The number of rotatable bonds is 4. The van der Waals surface area contributed by atoms with Gasteiger partial charge in [-0.25, -0.2) is 4.79 Å². The van der Waals surface area contributed by atoms with Gasteiger partial charge in [0.1, 0.15) is 11.5 Å². The predicted molar refractivity (Wildman–Crippen MR) is 96.5 cm³/mol. The molecule has 0 saturated heterocycles. The smallest absolute Gasteiger partial charge is 0.338 e. The molecule has 1 aliphatic rings. The van der Waals surface area contributed by atoms with E-state index in [2.05, 4.69) is 6.58 Å². The molecule has 0 aliphatic heterocycles. The summed E-state index contributed by atoms with van der Waals surface area (Å²) in [5.41, 5.74) is 1.67. The fraction of sp³-hybridized carbons (Fsp3) is 0.0952. The molecule has 0 aromatic heterocycles. The molecule has 2 aromatic carbocycles. The van der Waals surface area contributed by atoms with Crippen LogP contribution in [0.15, 0.2) is 60.7 Å². The molecule has 26 heavy (non-hydrogen) atoms. The molecule has 0 bridgehead atoms. The van der Waals surface area contributed by atoms with Gasteiger partial charge in [-0.1, -0.05) is 18.7 Å². The van der Waals surface area contributed by atoms with Crippen molar-refractivity contribution in [3.63, 3.8) is 0 Å². The van der Waals surface area contributed by atoms with Crippen molar-refractivity contribution in [3.8, 4) is 11.5 Å². The quantitative estimate of drug-likeness (QED) is 0.479. The Bertz CT molecular complexity index is 964. The predicted octanol–water partition coefficient (Wildman–Crippen LogP) is 3.64. The van der Waals surface area contributed by atoms with Gasteiger partial charge in [0.2, 0.25) is 0 Å². The minimum atomic E-state index is -0.589. The zero-order chi connectivity index (χ0) is 18.8. The van der Waals surface area contributed by atoms with Crippen LogP contribution < -0.4 is 9.47 Å². The van der Waals surface area contributed by atoms with Crippen LogP contribution in [0.2, 0.25) is 0 Å². The number of Topliss-reactive ketones (excluding diaryl/α,β-unsaturated/α-hetero) is 1. The molecule has 0 N–H and O–H groups in total. The van der Waals surface area contributed by atoms with Crippen LogP contribution in [-0.4, -0.2) is 24.6 Å². The van der Waals surface area contributed by atoms with Crippen molar-refractivity contribution in [2.45, 2.75) is 6.92 Å². The summed E-state index contributed by atoms with van der Waals surface area (Å²) in [6.07, 6.45) is 1.30. The number of hydrogen-bond donors (Lipinski definition) is 0. The minimum absolute atomic E-state index is 0.194. The Balaban J connectivity index is 1.95. The lowest BCUT2D eigenvalue weighted by Gasteiger charge is -2.16. The van der Waals surface area contributed by atoms with Gasteiger partial charge >= 0.3 is 5.97 Å². The Labute approximate surface area is 150 Å². The van der Waals surface area contributed by atoms with Crippen LogP contribution in [0.1, 0.15) is 33.2 Å². The van der Waals surface area contributed by atoms with E-state index in [1.54, 1.807) is 31.4 Å². The summed E-state index contributed by atoms with van der Waals surface area (Å²) in [7, 11) is 1.55. The Kier molecular flexibility index (Phi) is 4.54. The molecule has 130 valence electrons. The second kappa shape index (κ2) is 6.80. The highest BCUT2D eigenvalue weighted by molar-refractivity contribution is 6.38. The van der Waals surface area contributed by atoms with Crippen LogP contribution in [-0.2, 0) is 4.79 Å². The van der Waals surface area contributed by atoms with E-state index in [1.807, 2.05) is 0 Å². The lowest BCUT2D eigenvalue weighted by molar-refractivity contribution is -0.130. The van der Waals surface area contributed by atoms with Gasteiger partial charge in [-0.05, 0) is 48.9 Å². The third-order valence-corrected chi connectivity index (χ3v) is 3.98.